The molecule has 198 valence electrons. The lowest BCUT2D eigenvalue weighted by molar-refractivity contribution is -0.175. The van der Waals surface area contributed by atoms with Gasteiger partial charge >= 0.3 is 11.9 Å². The predicted octanol–water partition coefficient (Wildman–Crippen LogP) is 5.05. The van der Waals surface area contributed by atoms with Gasteiger partial charge < -0.3 is 14.9 Å². The van der Waals surface area contributed by atoms with Gasteiger partial charge in [0.25, 0.3) is 0 Å². The Kier molecular flexibility index (Phi) is 6.01. The van der Waals surface area contributed by atoms with Gasteiger partial charge in [0, 0.05) is 16.7 Å². The van der Waals surface area contributed by atoms with Crippen molar-refractivity contribution in [1.29, 1.82) is 0 Å². The molecule has 0 spiro atoms. The molecule has 4 saturated carbocycles. The maximum Gasteiger partial charge on any atom is 0.335 e. The second kappa shape index (κ2) is 8.47. The molecule has 0 aromatic heterocycles. The van der Waals surface area contributed by atoms with Crippen molar-refractivity contribution in [2.45, 2.75) is 90.3 Å². The average molecular weight is 507 g/mol. The molecule has 0 heterocycles. The second-order valence-electron chi connectivity index (χ2n) is 12.3. The van der Waals surface area contributed by atoms with E-state index in [1.807, 2.05) is 0 Å². The molecule has 0 radical (unpaired) electrons. The third-order valence-electron chi connectivity index (χ3n) is 11.0. The van der Waals surface area contributed by atoms with Crippen LogP contribution in [0.5, 0.6) is 0 Å². The Bertz CT molecular complexity index is 1070. The molecule has 3 unspecified atom stereocenters. The molecule has 5 aliphatic rings. The molecule has 0 saturated heterocycles. The summed E-state index contributed by atoms with van der Waals surface area (Å²) < 4.78 is 35.7. The fourth-order valence-electron chi connectivity index (χ4n) is 8.81. The van der Waals surface area contributed by atoms with Crippen LogP contribution in [0, 0.1) is 40.4 Å². The van der Waals surface area contributed by atoms with Crippen LogP contribution < -0.4 is 0 Å². The van der Waals surface area contributed by atoms with E-state index in [9.17, 15) is 29.0 Å². The Morgan fingerprint density at radius 1 is 1.08 bits per heavy atom. The number of esters is 1. The Balaban J connectivity index is 1.34. The smallest absolute Gasteiger partial charge is 0.335 e. The Labute approximate surface area is 210 Å². The number of hydrogen-bond acceptors (Lipinski definition) is 5. The fourth-order valence-corrected chi connectivity index (χ4v) is 8.81. The molecule has 8 heteroatoms. The highest BCUT2D eigenvalue weighted by Gasteiger charge is 2.62. The first-order valence-electron chi connectivity index (χ1n) is 13.3. The number of carbonyl (C=O) groups excluding carboxylic acids is 2. The second-order valence-corrected chi connectivity index (χ2v) is 12.3. The predicted molar refractivity (Wildman–Crippen MR) is 126 cm³/mol. The van der Waals surface area contributed by atoms with Crippen LogP contribution in [-0.2, 0) is 19.1 Å². The van der Waals surface area contributed by atoms with Crippen molar-refractivity contribution in [2.75, 3.05) is 0 Å². The largest absolute Gasteiger partial charge is 0.479 e. The van der Waals surface area contributed by atoms with E-state index < -0.39 is 52.2 Å². The molecule has 0 aromatic rings. The molecular weight excluding hydrogens is 470 g/mol. The van der Waals surface area contributed by atoms with Gasteiger partial charge in [0.2, 0.25) is 11.6 Å². The molecule has 0 bridgehead atoms. The monoisotopic (exact) mass is 506 g/mol. The summed E-state index contributed by atoms with van der Waals surface area (Å²) >= 11 is 0. The number of aliphatic hydroxyl groups is 1. The van der Waals surface area contributed by atoms with Crippen molar-refractivity contribution < 1.29 is 38.1 Å². The zero-order chi connectivity index (χ0) is 26.2. The van der Waals surface area contributed by atoms with Crippen molar-refractivity contribution in [3.05, 3.63) is 23.3 Å². The van der Waals surface area contributed by atoms with E-state index in [0.29, 0.717) is 44.1 Å². The number of carboxylic acid groups (broad SMARTS) is 1. The summed E-state index contributed by atoms with van der Waals surface area (Å²) in [6.07, 6.45) is 6.25. The summed E-state index contributed by atoms with van der Waals surface area (Å²) in [7, 11) is 0. The first kappa shape index (κ1) is 25.6. The van der Waals surface area contributed by atoms with Gasteiger partial charge in [0.15, 0.2) is 5.60 Å². The van der Waals surface area contributed by atoms with Gasteiger partial charge in [-0.15, -0.1) is 0 Å². The van der Waals surface area contributed by atoms with E-state index in [4.69, 9.17) is 4.74 Å². The zero-order valence-electron chi connectivity index (χ0n) is 21.2. The quantitative estimate of drug-likeness (QED) is 0.518. The molecule has 6 nitrogen and oxygen atoms in total. The summed E-state index contributed by atoms with van der Waals surface area (Å²) in [5.41, 5.74) is -2.63. The van der Waals surface area contributed by atoms with Crippen LogP contribution in [0.25, 0.3) is 0 Å². The third kappa shape index (κ3) is 3.38. The van der Waals surface area contributed by atoms with Gasteiger partial charge in [0.05, 0.1) is 5.92 Å². The average Bonchev–Trinajstić information content (AvgIpc) is 3.39. The minimum Gasteiger partial charge on any atom is -0.479 e. The molecule has 2 N–H and O–H groups in total. The van der Waals surface area contributed by atoms with Crippen molar-refractivity contribution in [3.63, 3.8) is 0 Å². The Hall–Kier alpha value is -2.09. The number of hydrogen-bond donors (Lipinski definition) is 2. The number of carbonyl (C=O) groups is 3. The van der Waals surface area contributed by atoms with Gasteiger partial charge in [-0.1, -0.05) is 19.4 Å². The minimum absolute atomic E-state index is 0.119. The molecule has 5 rings (SSSR count). The van der Waals surface area contributed by atoms with Gasteiger partial charge in [-0.05, 0) is 88.5 Å². The SMILES string of the molecule is CC(C(=O)O[C@@H]1CC[C@H]2[C@@H]3CCC4=CC(=O)C(F)=C(F)[C@]4(C)[C@H]3CC[C@]12C)C1CCCC1(O)C(=O)O. The van der Waals surface area contributed by atoms with Gasteiger partial charge in [-0.25, -0.2) is 9.18 Å². The number of carboxylic acids is 1. The van der Waals surface area contributed by atoms with Crippen LogP contribution in [-0.4, -0.2) is 39.6 Å². The van der Waals surface area contributed by atoms with Crippen LogP contribution in [0.3, 0.4) is 0 Å². The number of halogens is 2. The maximum absolute atomic E-state index is 15.3. The molecular formula is C28H36F2O6. The molecule has 9 atom stereocenters. The Morgan fingerprint density at radius 3 is 2.50 bits per heavy atom. The van der Waals surface area contributed by atoms with Gasteiger partial charge in [-0.3, -0.25) is 9.59 Å². The number of fused-ring (bicyclic) bond motifs is 5. The fraction of sp³-hybridized carbons (Fsp3) is 0.750. The number of aliphatic carboxylic acids is 1. The lowest BCUT2D eigenvalue weighted by Gasteiger charge is -2.56. The van der Waals surface area contributed by atoms with Crippen LogP contribution in [0.2, 0.25) is 0 Å². The lowest BCUT2D eigenvalue weighted by atomic mass is 9.48. The zero-order valence-corrected chi connectivity index (χ0v) is 21.2. The van der Waals surface area contributed by atoms with Crippen molar-refractivity contribution >= 4 is 17.7 Å². The van der Waals surface area contributed by atoms with E-state index in [2.05, 4.69) is 6.92 Å². The summed E-state index contributed by atoms with van der Waals surface area (Å²) in [6.45, 7) is 5.50. The van der Waals surface area contributed by atoms with Crippen LogP contribution in [0.15, 0.2) is 23.3 Å². The number of ether oxygens (including phenoxy) is 1. The van der Waals surface area contributed by atoms with E-state index in [-0.39, 0.29) is 35.7 Å². The van der Waals surface area contributed by atoms with Crippen molar-refractivity contribution in [2.24, 2.45) is 40.4 Å². The van der Waals surface area contributed by atoms with Crippen LogP contribution in [0.1, 0.15) is 78.6 Å². The van der Waals surface area contributed by atoms with Gasteiger partial charge in [0.1, 0.15) is 11.9 Å². The number of allylic oxidation sites excluding steroid dienone is 4. The maximum atomic E-state index is 15.3. The summed E-state index contributed by atoms with van der Waals surface area (Å²) in [4.78, 5) is 36.8. The van der Waals surface area contributed by atoms with Crippen molar-refractivity contribution in [3.8, 4) is 0 Å². The highest BCUT2D eigenvalue weighted by molar-refractivity contribution is 6.04. The van der Waals surface area contributed by atoms with E-state index in [0.717, 1.165) is 12.8 Å². The molecule has 0 aliphatic heterocycles. The highest BCUT2D eigenvalue weighted by atomic mass is 19.2. The minimum atomic E-state index is -1.91. The van der Waals surface area contributed by atoms with E-state index >= 15 is 4.39 Å². The number of rotatable bonds is 4. The molecule has 36 heavy (non-hydrogen) atoms. The molecule has 4 fully saturated rings. The highest BCUT2D eigenvalue weighted by Crippen LogP contribution is 2.66. The van der Waals surface area contributed by atoms with E-state index in [1.165, 1.54) is 6.08 Å². The van der Waals surface area contributed by atoms with Crippen LogP contribution >= 0.6 is 0 Å². The molecule has 5 aliphatic carbocycles. The topological polar surface area (TPSA) is 101 Å². The van der Waals surface area contributed by atoms with Crippen molar-refractivity contribution in [1.82, 2.24) is 0 Å². The van der Waals surface area contributed by atoms with E-state index in [1.54, 1.807) is 13.8 Å². The lowest BCUT2D eigenvalue weighted by Crippen LogP contribution is -2.52. The molecule has 0 amide bonds. The standard InChI is InChI=1S/C28H36F2O6/c1-14(17-5-4-11-28(17,35)25(33)34)24(32)36-21-9-8-18-16-7-6-15-13-20(31)22(29)23(30)27(15,3)19(16)10-12-26(18,21)2/h13-14,16-19,21,35H,4-12H2,1-3H3,(H,33,34)/t14?,16-,17?,18-,19-,21+,26-,27-,28?/m0/s1. The first-order valence-corrected chi connectivity index (χ1v) is 13.3. The Morgan fingerprint density at radius 2 is 1.81 bits per heavy atom. The summed E-state index contributed by atoms with van der Waals surface area (Å²) in [5, 5.41) is 20.2. The summed E-state index contributed by atoms with van der Waals surface area (Å²) in [5.74, 6) is -6.08. The van der Waals surface area contributed by atoms with Crippen LogP contribution in [0.4, 0.5) is 8.78 Å². The van der Waals surface area contributed by atoms with Gasteiger partial charge in [-0.2, -0.15) is 4.39 Å². The third-order valence-corrected chi connectivity index (χ3v) is 11.0. The first-order chi connectivity index (χ1) is 16.9. The summed E-state index contributed by atoms with van der Waals surface area (Å²) in [6, 6.07) is 0. The number of ketones is 1. The normalized spacial score (nSPS) is 44.9. The molecule has 0 aromatic carbocycles.